The van der Waals surface area contributed by atoms with E-state index < -0.39 is 12.0 Å². The Hall–Kier alpha value is -1.75. The number of halogens is 1. The van der Waals surface area contributed by atoms with Gasteiger partial charge in [0.05, 0.1) is 0 Å². The second-order valence-corrected chi connectivity index (χ2v) is 3.54. The van der Waals surface area contributed by atoms with Crippen molar-refractivity contribution in [1.82, 2.24) is 10.4 Å². The largest absolute Gasteiger partial charge is 0.443 e. The summed E-state index contributed by atoms with van der Waals surface area (Å²) in [4.78, 5) is 22.3. The van der Waals surface area contributed by atoms with E-state index in [0.717, 1.165) is 10.6 Å². The number of alkyl halides is 1. The summed E-state index contributed by atoms with van der Waals surface area (Å²) in [7, 11) is 1.39. The zero-order chi connectivity index (χ0) is 12.7. The monoisotopic (exact) mass is 256 g/mol. The Bertz CT molecular complexity index is 384. The number of ether oxygens (including phenoxy) is 1. The quantitative estimate of drug-likeness (QED) is 0.659. The molecule has 2 amide bonds. The molecule has 1 aromatic rings. The third-order valence-electron chi connectivity index (χ3n) is 1.89. The van der Waals surface area contributed by atoms with E-state index in [0.29, 0.717) is 0 Å². The van der Waals surface area contributed by atoms with E-state index in [-0.39, 0.29) is 12.5 Å². The molecule has 1 N–H and O–H groups in total. The second kappa shape index (κ2) is 6.75. The molecule has 1 aromatic carbocycles. The number of hydrogen-bond acceptors (Lipinski definition) is 3. The van der Waals surface area contributed by atoms with Crippen molar-refractivity contribution in [2.45, 2.75) is 6.61 Å². The van der Waals surface area contributed by atoms with E-state index in [1.54, 1.807) is 0 Å². The third-order valence-corrected chi connectivity index (χ3v) is 2.14. The number of carbonyl (C=O) groups is 2. The normalized spacial score (nSPS) is 9.53. The van der Waals surface area contributed by atoms with E-state index in [1.807, 2.05) is 30.3 Å². The van der Waals surface area contributed by atoms with Crippen LogP contribution >= 0.6 is 11.6 Å². The lowest BCUT2D eigenvalue weighted by Crippen LogP contribution is -2.44. The summed E-state index contributed by atoms with van der Waals surface area (Å²) in [5.74, 6) is -0.679. The molecule has 0 aromatic heterocycles. The van der Waals surface area contributed by atoms with Crippen molar-refractivity contribution < 1.29 is 14.3 Å². The molecule has 0 aliphatic rings. The highest BCUT2D eigenvalue weighted by Gasteiger charge is 2.12. The molecule has 0 heterocycles. The van der Waals surface area contributed by atoms with E-state index in [9.17, 15) is 9.59 Å². The molecule has 0 fully saturated rings. The second-order valence-electron chi connectivity index (χ2n) is 3.27. The number of nitrogens with one attached hydrogen (secondary N) is 1. The Kier molecular flexibility index (Phi) is 5.29. The summed E-state index contributed by atoms with van der Waals surface area (Å²) >= 11 is 5.28. The molecule has 0 radical (unpaired) electrons. The lowest BCUT2D eigenvalue weighted by molar-refractivity contribution is -0.122. The maximum atomic E-state index is 11.4. The Labute approximate surface area is 104 Å². The first-order valence-corrected chi connectivity index (χ1v) is 5.47. The van der Waals surface area contributed by atoms with Crippen LogP contribution < -0.4 is 5.43 Å². The van der Waals surface area contributed by atoms with E-state index in [1.165, 1.54) is 7.05 Å². The Balaban J connectivity index is 2.37. The van der Waals surface area contributed by atoms with Gasteiger partial charge in [0.15, 0.2) is 0 Å². The highest BCUT2D eigenvalue weighted by atomic mass is 35.5. The van der Waals surface area contributed by atoms with Gasteiger partial charge in [-0.3, -0.25) is 10.2 Å². The molecule has 0 saturated carbocycles. The summed E-state index contributed by atoms with van der Waals surface area (Å²) < 4.78 is 4.96. The molecule has 92 valence electrons. The first kappa shape index (κ1) is 13.3. The smallest absolute Gasteiger partial charge is 0.428 e. The van der Waals surface area contributed by atoms with Crippen LogP contribution in [-0.4, -0.2) is 29.9 Å². The molecule has 1 rings (SSSR count). The Morgan fingerprint density at radius 2 is 2.00 bits per heavy atom. The fraction of sp³-hybridized carbons (Fsp3) is 0.273. The molecule has 0 aliphatic carbocycles. The molecule has 0 bridgehead atoms. The molecule has 17 heavy (non-hydrogen) atoms. The first-order chi connectivity index (χ1) is 8.13. The first-order valence-electron chi connectivity index (χ1n) is 4.93. The van der Waals surface area contributed by atoms with Gasteiger partial charge in [0.25, 0.3) is 5.91 Å². The Morgan fingerprint density at radius 3 is 2.59 bits per heavy atom. The zero-order valence-electron chi connectivity index (χ0n) is 9.35. The minimum Gasteiger partial charge on any atom is -0.443 e. The SMILES string of the molecule is CN(NC(=O)CCl)C(=O)OCc1ccccc1. The number of carbonyl (C=O) groups excluding carboxylic acids is 2. The summed E-state index contributed by atoms with van der Waals surface area (Å²) in [6.07, 6.45) is -0.646. The van der Waals surface area contributed by atoms with Crippen molar-refractivity contribution in [2.24, 2.45) is 0 Å². The predicted molar refractivity (Wildman–Crippen MR) is 63.3 cm³/mol. The van der Waals surface area contributed by atoms with Gasteiger partial charge in [0.1, 0.15) is 12.5 Å². The lowest BCUT2D eigenvalue weighted by Gasteiger charge is -2.17. The fourth-order valence-corrected chi connectivity index (χ4v) is 1.14. The molecular weight excluding hydrogens is 244 g/mol. The van der Waals surface area contributed by atoms with Crippen molar-refractivity contribution in [3.63, 3.8) is 0 Å². The van der Waals surface area contributed by atoms with Crippen LogP contribution in [0.3, 0.4) is 0 Å². The van der Waals surface area contributed by atoms with Gasteiger partial charge in [-0.1, -0.05) is 30.3 Å². The summed E-state index contributed by atoms with van der Waals surface area (Å²) in [5.41, 5.74) is 3.13. The van der Waals surface area contributed by atoms with Gasteiger partial charge >= 0.3 is 6.09 Å². The molecule has 0 atom stereocenters. The standard InChI is InChI=1S/C11H13ClN2O3/c1-14(13-10(15)7-12)11(16)17-8-9-5-3-2-4-6-9/h2-6H,7-8H2,1H3,(H,13,15). The van der Waals surface area contributed by atoms with Crippen LogP contribution in [0.25, 0.3) is 0 Å². The van der Waals surface area contributed by atoms with Crippen LogP contribution in [-0.2, 0) is 16.1 Å². The highest BCUT2D eigenvalue weighted by molar-refractivity contribution is 6.27. The van der Waals surface area contributed by atoms with E-state index in [2.05, 4.69) is 5.43 Å². The van der Waals surface area contributed by atoms with Crippen molar-refractivity contribution in [3.8, 4) is 0 Å². The van der Waals surface area contributed by atoms with Crippen molar-refractivity contribution in [2.75, 3.05) is 12.9 Å². The van der Waals surface area contributed by atoms with Crippen LogP contribution in [0, 0.1) is 0 Å². The van der Waals surface area contributed by atoms with Gasteiger partial charge in [-0.15, -0.1) is 11.6 Å². The molecular formula is C11H13ClN2O3. The van der Waals surface area contributed by atoms with Crippen molar-refractivity contribution in [3.05, 3.63) is 35.9 Å². The number of rotatable bonds is 3. The van der Waals surface area contributed by atoms with Gasteiger partial charge in [-0.05, 0) is 5.56 Å². The molecule has 0 aliphatic heterocycles. The number of hydrazine groups is 1. The van der Waals surface area contributed by atoms with Gasteiger partial charge in [0.2, 0.25) is 0 Å². The van der Waals surface area contributed by atoms with Gasteiger partial charge < -0.3 is 4.74 Å². The zero-order valence-corrected chi connectivity index (χ0v) is 10.1. The Morgan fingerprint density at radius 1 is 1.35 bits per heavy atom. The van der Waals surface area contributed by atoms with Crippen LogP contribution in [0.1, 0.15) is 5.56 Å². The predicted octanol–water partition coefficient (Wildman–Crippen LogP) is 1.52. The maximum Gasteiger partial charge on any atom is 0.428 e. The third kappa shape index (κ3) is 4.74. The molecule has 0 saturated heterocycles. The fourth-order valence-electron chi connectivity index (χ4n) is 1.08. The average Bonchev–Trinajstić information content (AvgIpc) is 2.36. The van der Waals surface area contributed by atoms with E-state index in [4.69, 9.17) is 16.3 Å². The van der Waals surface area contributed by atoms with Crippen molar-refractivity contribution >= 4 is 23.6 Å². The minimum atomic E-state index is -0.646. The molecule has 0 unspecified atom stereocenters. The van der Waals surface area contributed by atoms with Gasteiger partial charge in [0, 0.05) is 7.05 Å². The van der Waals surface area contributed by atoms with Gasteiger partial charge in [-0.2, -0.15) is 0 Å². The summed E-state index contributed by atoms with van der Waals surface area (Å²) in [6, 6.07) is 9.25. The van der Waals surface area contributed by atoms with Crippen LogP contribution in [0.5, 0.6) is 0 Å². The number of hydrogen-bond donors (Lipinski definition) is 1. The van der Waals surface area contributed by atoms with E-state index >= 15 is 0 Å². The average molecular weight is 257 g/mol. The van der Waals surface area contributed by atoms with Crippen LogP contribution in [0.4, 0.5) is 4.79 Å². The number of amides is 2. The van der Waals surface area contributed by atoms with Crippen LogP contribution in [0.2, 0.25) is 0 Å². The summed E-state index contributed by atoms with van der Waals surface area (Å²) in [6.45, 7) is 0.154. The topological polar surface area (TPSA) is 58.6 Å². The molecule has 5 nitrogen and oxygen atoms in total. The van der Waals surface area contributed by atoms with Gasteiger partial charge in [-0.25, -0.2) is 9.80 Å². The molecule has 0 spiro atoms. The number of benzene rings is 1. The maximum absolute atomic E-state index is 11.4. The number of nitrogens with zero attached hydrogens (tertiary/aromatic N) is 1. The highest BCUT2D eigenvalue weighted by Crippen LogP contribution is 2.01. The minimum absolute atomic E-state index is 0.154. The van der Waals surface area contributed by atoms with Crippen molar-refractivity contribution in [1.29, 1.82) is 0 Å². The summed E-state index contributed by atoms with van der Waals surface area (Å²) in [5, 5.41) is 0.952. The lowest BCUT2D eigenvalue weighted by atomic mass is 10.2. The van der Waals surface area contributed by atoms with Crippen LogP contribution in [0.15, 0.2) is 30.3 Å². The molecule has 6 heteroatoms.